The zero-order valence-corrected chi connectivity index (χ0v) is 21.8. The molecule has 0 saturated heterocycles. The van der Waals surface area contributed by atoms with E-state index in [9.17, 15) is 16.0 Å². The fraction of sp³-hybridized carbons (Fsp3) is 1.00. The van der Waals surface area contributed by atoms with Gasteiger partial charge in [-0.05, 0) is 0 Å². The predicted octanol–water partition coefficient (Wildman–Crippen LogP) is -6.73. The summed E-state index contributed by atoms with van der Waals surface area (Å²) >= 11 is -4.01. The van der Waals surface area contributed by atoms with Crippen LogP contribution in [0.4, 0.5) is 0 Å². The summed E-state index contributed by atoms with van der Waals surface area (Å²) in [6.07, 6.45) is 3.74. The van der Waals surface area contributed by atoms with Crippen molar-refractivity contribution in [3.8, 4) is 0 Å². The molecule has 0 aliphatic rings. The Bertz CT molecular complexity index is 199. The Balaban J connectivity index is -0.00000112. The van der Waals surface area contributed by atoms with Gasteiger partial charge < -0.3 is 0 Å². The first kappa shape index (κ1) is 26.5. The molecular weight excluding hydrogens is 522 g/mol. The van der Waals surface area contributed by atoms with Crippen LogP contribution in [0.5, 0.6) is 0 Å². The van der Waals surface area contributed by atoms with E-state index in [1.54, 1.807) is 0 Å². The van der Waals surface area contributed by atoms with Gasteiger partial charge in [0.1, 0.15) is 0 Å². The molecule has 98 valence electrons. The van der Waals surface area contributed by atoms with Crippen molar-refractivity contribution in [2.24, 2.45) is 0 Å². The van der Waals surface area contributed by atoms with Gasteiger partial charge in [-0.3, -0.25) is 0 Å². The molecule has 0 radical (unpaired) electrons. The Labute approximate surface area is 173 Å². The van der Waals surface area contributed by atoms with Crippen LogP contribution in [0, 0.1) is 0 Å². The molecule has 0 aromatic carbocycles. The fourth-order valence-electron chi connectivity index (χ4n) is 0.880. The van der Waals surface area contributed by atoms with Gasteiger partial charge in [0, 0.05) is 0 Å². The van der Waals surface area contributed by atoms with E-state index >= 15 is 0 Å². The van der Waals surface area contributed by atoms with Crippen LogP contribution < -0.4 is 67.5 Å². The Morgan fingerprint density at radius 3 is 1.33 bits per heavy atom. The van der Waals surface area contributed by atoms with Gasteiger partial charge in [-0.25, -0.2) is 0 Å². The molecule has 2 atom stereocenters. The molecule has 0 aromatic heterocycles. The minimum atomic E-state index is -2.68. The van der Waals surface area contributed by atoms with Gasteiger partial charge in [0.25, 0.3) is 0 Å². The minimum Gasteiger partial charge on any atom is 1.00 e. The fourth-order valence-corrected chi connectivity index (χ4v) is 9.71. The molecule has 0 aliphatic heterocycles. The molecule has 0 amide bonds. The van der Waals surface area contributed by atoms with Gasteiger partial charge in [-0.2, -0.15) is 0 Å². The van der Waals surface area contributed by atoms with E-state index < -0.39 is 28.3 Å². The summed E-state index contributed by atoms with van der Waals surface area (Å²) in [5, 5.41) is 3.15. The Hall–Kier alpha value is 3.60. The summed E-state index contributed by atoms with van der Waals surface area (Å²) in [6, 6.07) is 0. The van der Waals surface area contributed by atoms with Crippen LogP contribution in [-0.4, -0.2) is 54.6 Å². The van der Waals surface area contributed by atoms with E-state index in [1.165, 1.54) is 10.6 Å². The molecule has 18 heavy (non-hydrogen) atoms. The maximum absolute atomic E-state index is 10.3. The molecular formula is C8H16Na2O4Se4. The van der Waals surface area contributed by atoms with Crippen molar-refractivity contribution < 1.29 is 75.2 Å². The first-order valence-electron chi connectivity index (χ1n) is 4.99. The van der Waals surface area contributed by atoms with E-state index in [-0.39, 0.29) is 59.1 Å². The summed E-state index contributed by atoms with van der Waals surface area (Å²) in [5.74, 6) is 0. The Morgan fingerprint density at radius 1 is 0.722 bits per heavy atom. The molecule has 0 aromatic rings. The number of hydrogen-bond acceptors (Lipinski definition) is 4. The van der Waals surface area contributed by atoms with Crippen LogP contribution in [0.25, 0.3) is 0 Å². The van der Waals surface area contributed by atoms with Gasteiger partial charge >= 0.3 is 177 Å². The largest absolute Gasteiger partial charge is 1.00 e. The van der Waals surface area contributed by atoms with E-state index in [1.807, 2.05) is 0 Å². The van der Waals surface area contributed by atoms with E-state index in [4.69, 9.17) is 0 Å². The van der Waals surface area contributed by atoms with Crippen LogP contribution in [0.15, 0.2) is 0 Å². The van der Waals surface area contributed by atoms with Crippen molar-refractivity contribution >= 4 is 54.6 Å². The van der Waals surface area contributed by atoms with Crippen LogP contribution in [-0.2, 0) is 7.67 Å². The van der Waals surface area contributed by atoms with Crippen LogP contribution in [0.2, 0.25) is 21.3 Å². The van der Waals surface area contributed by atoms with Crippen LogP contribution in [0.3, 0.4) is 0 Å². The second-order valence-electron chi connectivity index (χ2n) is 3.07. The zero-order valence-electron chi connectivity index (χ0n) is 10.9. The maximum atomic E-state index is 10.3. The number of rotatable bonds is 11. The quantitative estimate of drug-likeness (QED) is 0.194. The molecule has 0 N–H and O–H groups in total. The third-order valence-corrected chi connectivity index (χ3v) is 12.0. The monoisotopic (exact) mass is 542 g/mol. The van der Waals surface area contributed by atoms with Gasteiger partial charge in [-0.15, -0.1) is 0 Å². The van der Waals surface area contributed by atoms with Crippen LogP contribution in [0.1, 0.15) is 25.7 Å². The Kier molecular flexibility index (Phi) is 30.3. The van der Waals surface area contributed by atoms with Crippen molar-refractivity contribution in [1.29, 1.82) is 0 Å². The van der Waals surface area contributed by atoms with Gasteiger partial charge in [-0.1, -0.05) is 0 Å². The molecule has 2 unspecified atom stereocenters. The van der Waals surface area contributed by atoms with Gasteiger partial charge in [0.15, 0.2) is 0 Å². The van der Waals surface area contributed by atoms with Crippen molar-refractivity contribution in [1.82, 2.24) is 0 Å². The zero-order chi connectivity index (χ0) is 12.2. The minimum absolute atomic E-state index is 0. The van der Waals surface area contributed by atoms with Crippen molar-refractivity contribution in [3.63, 3.8) is 0 Å². The summed E-state index contributed by atoms with van der Waals surface area (Å²) in [6.45, 7) is 0. The molecule has 0 saturated carbocycles. The average Bonchev–Trinajstić information content (AvgIpc) is 2.20. The van der Waals surface area contributed by atoms with Gasteiger partial charge in [0.05, 0.1) is 0 Å². The van der Waals surface area contributed by atoms with E-state index in [2.05, 4.69) is 0 Å². The predicted molar refractivity (Wildman–Crippen MR) is 62.1 cm³/mol. The van der Waals surface area contributed by atoms with Crippen LogP contribution >= 0.6 is 0 Å². The Morgan fingerprint density at radius 2 is 1.06 bits per heavy atom. The molecule has 4 nitrogen and oxygen atoms in total. The molecule has 0 bridgehead atoms. The summed E-state index contributed by atoms with van der Waals surface area (Å²) < 4.78 is 41.3. The molecule has 0 aliphatic carbocycles. The number of unbranched alkanes of at least 4 members (excludes halogenated alkanes) is 2. The third-order valence-electron chi connectivity index (χ3n) is 1.66. The topological polar surface area (TPSA) is 80.3 Å². The average molecular weight is 538 g/mol. The SMILES string of the molecule is O=[Se]([O-])CCCC[Se][Se]CCCC[Se](=O)[O-].[Na+].[Na+]. The first-order chi connectivity index (χ1) is 7.63. The maximum Gasteiger partial charge on any atom is 1.00 e. The number of hydrogen-bond donors (Lipinski definition) is 0. The molecule has 0 rings (SSSR count). The third kappa shape index (κ3) is 24.6. The summed E-state index contributed by atoms with van der Waals surface area (Å²) in [7, 11) is 0. The second-order valence-corrected chi connectivity index (χ2v) is 15.2. The second kappa shape index (κ2) is 20.6. The molecule has 0 fully saturated rings. The van der Waals surface area contributed by atoms with E-state index in [0.717, 1.165) is 25.7 Å². The summed E-state index contributed by atoms with van der Waals surface area (Å²) in [4.78, 5) is 0. The smallest absolute Gasteiger partial charge is 1.00 e. The standard InChI is InChI=1S/C8H18O4Se4.2Na/c9-15(10)7-3-1-5-13-14-6-2-4-8-16(11)12;;/h1-8H2,(H,9,10)(H,11,12);;/q;2*+1/p-2. The van der Waals surface area contributed by atoms with E-state index in [0.29, 0.717) is 36.9 Å². The normalized spacial score (nSPS) is 13.2. The van der Waals surface area contributed by atoms with Crippen molar-refractivity contribution in [2.75, 3.05) is 0 Å². The first-order valence-corrected chi connectivity index (χ1v) is 17.0. The van der Waals surface area contributed by atoms with Crippen molar-refractivity contribution in [3.05, 3.63) is 0 Å². The van der Waals surface area contributed by atoms with Gasteiger partial charge in [0.2, 0.25) is 0 Å². The molecule has 0 heterocycles. The summed E-state index contributed by atoms with van der Waals surface area (Å²) in [5.41, 5.74) is 0. The van der Waals surface area contributed by atoms with Crippen molar-refractivity contribution in [2.45, 2.75) is 47.0 Å². The molecule has 10 heteroatoms. The molecule has 0 spiro atoms.